The number of nitrogens with two attached hydrogens (primary N) is 1. The molecule has 0 aliphatic heterocycles. The minimum atomic E-state index is -3.71. The summed E-state index contributed by atoms with van der Waals surface area (Å²) in [6, 6.07) is 0. The fourth-order valence-electron chi connectivity index (χ4n) is 1.57. The molecule has 0 unspecified atom stereocenters. The van der Waals surface area contributed by atoms with Gasteiger partial charge in [0, 0.05) is 11.3 Å². The highest BCUT2D eigenvalue weighted by atomic mass is 32.2. The number of nitrogen functional groups attached to an aromatic ring is 1. The quantitative estimate of drug-likeness (QED) is 0.779. The van der Waals surface area contributed by atoms with Crippen molar-refractivity contribution in [1.29, 1.82) is 0 Å². The van der Waals surface area contributed by atoms with E-state index in [0.29, 0.717) is 11.0 Å². The van der Waals surface area contributed by atoms with Gasteiger partial charge in [-0.05, 0) is 12.8 Å². The Balaban J connectivity index is 1.84. The highest BCUT2D eigenvalue weighted by Gasteiger charge is 2.27. The number of hydrogen-bond acceptors (Lipinski definition) is 6. The second-order valence-electron chi connectivity index (χ2n) is 4.11. The fourth-order valence-corrected chi connectivity index (χ4v) is 3.64. The van der Waals surface area contributed by atoms with Gasteiger partial charge in [-0.2, -0.15) is 5.10 Å². The molecule has 3 rings (SSSR count). The van der Waals surface area contributed by atoms with Gasteiger partial charge in [-0.3, -0.25) is 9.82 Å². The Labute approximate surface area is 107 Å². The van der Waals surface area contributed by atoms with Gasteiger partial charge in [0.05, 0.1) is 11.9 Å². The highest BCUT2D eigenvalue weighted by molar-refractivity contribution is 7.93. The average Bonchev–Trinajstić information content (AvgIpc) is 2.90. The van der Waals surface area contributed by atoms with Crippen molar-refractivity contribution in [3.05, 3.63) is 17.3 Å². The summed E-state index contributed by atoms with van der Waals surface area (Å²) in [7, 11) is -3.71. The van der Waals surface area contributed by atoms with Crippen molar-refractivity contribution in [3.8, 4) is 0 Å². The van der Waals surface area contributed by atoms with E-state index in [4.69, 9.17) is 5.73 Å². The van der Waals surface area contributed by atoms with E-state index in [0.717, 1.165) is 18.5 Å². The third kappa shape index (κ3) is 2.06. The van der Waals surface area contributed by atoms with Gasteiger partial charge in [0.1, 0.15) is 10.7 Å². The summed E-state index contributed by atoms with van der Waals surface area (Å²) in [5, 5.41) is 8.21. The third-order valence-electron chi connectivity index (χ3n) is 2.66. The van der Waals surface area contributed by atoms with Gasteiger partial charge in [0.15, 0.2) is 5.13 Å². The molecule has 1 aliphatic carbocycles. The fraction of sp³-hybridized carbons (Fsp3) is 0.333. The average molecular weight is 285 g/mol. The topological polar surface area (TPSA) is 114 Å². The maximum Gasteiger partial charge on any atom is 0.268 e. The number of nitrogens with one attached hydrogen (secondary N) is 2. The second kappa shape index (κ2) is 3.95. The molecule has 2 heterocycles. The lowest BCUT2D eigenvalue weighted by atomic mass is 10.3. The number of aromatic nitrogens is 3. The van der Waals surface area contributed by atoms with E-state index in [2.05, 4.69) is 19.9 Å². The van der Waals surface area contributed by atoms with Crippen LogP contribution < -0.4 is 10.5 Å². The van der Waals surface area contributed by atoms with Crippen LogP contribution in [0.3, 0.4) is 0 Å². The van der Waals surface area contributed by atoms with Crippen LogP contribution in [0.1, 0.15) is 24.5 Å². The largest absolute Gasteiger partial charge is 0.383 e. The van der Waals surface area contributed by atoms with Gasteiger partial charge in [0.25, 0.3) is 10.0 Å². The number of hydrogen-bond donors (Lipinski definition) is 3. The van der Waals surface area contributed by atoms with Crippen molar-refractivity contribution in [3.63, 3.8) is 0 Å². The number of aromatic amines is 1. The third-order valence-corrected chi connectivity index (χ3v) is 4.93. The van der Waals surface area contributed by atoms with E-state index in [-0.39, 0.29) is 10.7 Å². The zero-order valence-electron chi connectivity index (χ0n) is 9.25. The molecule has 0 saturated heterocycles. The first-order valence-corrected chi connectivity index (χ1v) is 7.69. The van der Waals surface area contributed by atoms with E-state index in [1.54, 1.807) is 0 Å². The van der Waals surface area contributed by atoms with Crippen molar-refractivity contribution in [1.82, 2.24) is 15.2 Å². The molecule has 96 valence electrons. The summed E-state index contributed by atoms with van der Waals surface area (Å²) >= 11 is 1.28. The predicted molar refractivity (Wildman–Crippen MR) is 67.9 cm³/mol. The smallest absolute Gasteiger partial charge is 0.268 e. The first-order chi connectivity index (χ1) is 8.56. The number of thiazole rings is 1. The van der Waals surface area contributed by atoms with Gasteiger partial charge < -0.3 is 5.73 Å². The molecule has 0 aromatic carbocycles. The summed E-state index contributed by atoms with van der Waals surface area (Å²) < 4.78 is 26.4. The molecule has 1 fully saturated rings. The molecule has 9 heteroatoms. The van der Waals surface area contributed by atoms with Crippen LogP contribution in [-0.4, -0.2) is 23.6 Å². The number of nitrogens with zero attached hydrogens (tertiary/aromatic N) is 2. The van der Waals surface area contributed by atoms with E-state index in [9.17, 15) is 8.42 Å². The zero-order chi connectivity index (χ0) is 12.8. The van der Waals surface area contributed by atoms with Crippen LogP contribution in [0, 0.1) is 0 Å². The SMILES string of the molecule is Nc1[nH]ncc1S(=O)(=O)Nc1nc(C2CC2)cs1. The molecule has 0 bridgehead atoms. The molecule has 2 aromatic rings. The van der Waals surface area contributed by atoms with Crippen molar-refractivity contribution in [2.24, 2.45) is 0 Å². The Kier molecular flexibility index (Phi) is 2.52. The lowest BCUT2D eigenvalue weighted by Gasteiger charge is -2.02. The van der Waals surface area contributed by atoms with Crippen LogP contribution in [0.5, 0.6) is 0 Å². The predicted octanol–water partition coefficient (Wildman–Crippen LogP) is 1.13. The Morgan fingerprint density at radius 1 is 1.50 bits per heavy atom. The van der Waals surface area contributed by atoms with Gasteiger partial charge >= 0.3 is 0 Å². The highest BCUT2D eigenvalue weighted by Crippen LogP contribution is 2.41. The Bertz CT molecular complexity index is 671. The Hall–Kier alpha value is -1.61. The molecule has 1 saturated carbocycles. The maximum atomic E-state index is 12.0. The van der Waals surface area contributed by atoms with E-state index < -0.39 is 10.0 Å². The lowest BCUT2D eigenvalue weighted by Crippen LogP contribution is -2.13. The van der Waals surface area contributed by atoms with Crippen LogP contribution in [0.2, 0.25) is 0 Å². The Morgan fingerprint density at radius 2 is 2.28 bits per heavy atom. The molecule has 18 heavy (non-hydrogen) atoms. The molecule has 0 spiro atoms. The van der Waals surface area contributed by atoms with Crippen molar-refractivity contribution in [2.45, 2.75) is 23.7 Å². The van der Waals surface area contributed by atoms with Crippen LogP contribution in [0.15, 0.2) is 16.5 Å². The van der Waals surface area contributed by atoms with E-state index in [1.165, 1.54) is 17.5 Å². The Morgan fingerprint density at radius 3 is 2.89 bits per heavy atom. The number of rotatable bonds is 4. The first kappa shape index (κ1) is 11.5. The van der Waals surface area contributed by atoms with Gasteiger partial charge in [0.2, 0.25) is 0 Å². The molecule has 2 aromatic heterocycles. The molecule has 0 radical (unpaired) electrons. The van der Waals surface area contributed by atoms with Crippen molar-refractivity contribution < 1.29 is 8.42 Å². The number of H-pyrrole nitrogens is 1. The molecule has 0 atom stereocenters. The summed E-state index contributed by atoms with van der Waals surface area (Å²) in [6.45, 7) is 0. The standard InChI is InChI=1S/C9H11N5O2S2/c10-8-7(3-11-13-8)18(15,16)14-9-12-6(4-17-9)5-1-2-5/h3-5H,1-2H2,(H,12,14)(H3,10,11,13). The molecule has 0 amide bonds. The second-order valence-corrected chi connectivity index (χ2v) is 6.61. The number of anilines is 2. The molecular weight excluding hydrogens is 274 g/mol. The summed E-state index contributed by atoms with van der Waals surface area (Å²) in [5.74, 6) is 0.514. The monoisotopic (exact) mass is 285 g/mol. The first-order valence-electron chi connectivity index (χ1n) is 5.33. The molecule has 7 nitrogen and oxygen atoms in total. The van der Waals surface area contributed by atoms with Gasteiger partial charge in [-0.1, -0.05) is 0 Å². The van der Waals surface area contributed by atoms with Crippen molar-refractivity contribution >= 4 is 32.3 Å². The lowest BCUT2D eigenvalue weighted by molar-refractivity contribution is 0.601. The van der Waals surface area contributed by atoms with Crippen LogP contribution in [-0.2, 0) is 10.0 Å². The molecule has 1 aliphatic rings. The van der Waals surface area contributed by atoms with Gasteiger partial charge in [-0.15, -0.1) is 11.3 Å². The zero-order valence-corrected chi connectivity index (χ0v) is 10.9. The van der Waals surface area contributed by atoms with Crippen LogP contribution in [0.25, 0.3) is 0 Å². The van der Waals surface area contributed by atoms with Crippen LogP contribution >= 0.6 is 11.3 Å². The number of sulfonamides is 1. The van der Waals surface area contributed by atoms with E-state index in [1.807, 2.05) is 5.38 Å². The summed E-state index contributed by atoms with van der Waals surface area (Å²) in [6.07, 6.45) is 3.43. The summed E-state index contributed by atoms with van der Waals surface area (Å²) in [4.78, 5) is 4.19. The maximum absolute atomic E-state index is 12.0. The van der Waals surface area contributed by atoms with E-state index >= 15 is 0 Å². The van der Waals surface area contributed by atoms with Gasteiger partial charge in [-0.25, -0.2) is 13.4 Å². The van der Waals surface area contributed by atoms with Crippen LogP contribution in [0.4, 0.5) is 10.9 Å². The minimum absolute atomic E-state index is 0.0153. The minimum Gasteiger partial charge on any atom is -0.383 e. The summed E-state index contributed by atoms with van der Waals surface area (Å²) in [5.41, 5.74) is 6.45. The van der Waals surface area contributed by atoms with Crippen molar-refractivity contribution in [2.75, 3.05) is 10.5 Å². The molecular formula is C9H11N5O2S2. The normalized spacial score (nSPS) is 15.8. The molecule has 4 N–H and O–H groups in total.